The van der Waals surface area contributed by atoms with Crippen LogP contribution in [0.5, 0.6) is 0 Å². The molecule has 0 bridgehead atoms. The Hall–Kier alpha value is -2.68. The molecule has 94 valence electrons. The van der Waals surface area contributed by atoms with Gasteiger partial charge in [-0.25, -0.2) is 0 Å². The molecular formula is C16H15N3. The topological polar surface area (TPSA) is 50.7 Å². The minimum atomic E-state index is 0.984. The number of rotatable bonds is 4. The van der Waals surface area contributed by atoms with Crippen molar-refractivity contribution in [1.29, 1.82) is 0 Å². The van der Waals surface area contributed by atoms with Crippen LogP contribution < -0.4 is 5.73 Å². The Morgan fingerprint density at radius 3 is 2.11 bits per heavy atom. The molecule has 19 heavy (non-hydrogen) atoms. The number of nitrogens with two attached hydrogens (primary N) is 1. The third-order valence-corrected chi connectivity index (χ3v) is 2.56. The number of nitrogens with zero attached hydrogens (tertiary/aromatic N) is 2. The van der Waals surface area contributed by atoms with Gasteiger partial charge in [-0.1, -0.05) is 60.7 Å². The van der Waals surface area contributed by atoms with Crippen molar-refractivity contribution in [3.05, 3.63) is 71.8 Å². The predicted octanol–water partition coefficient (Wildman–Crippen LogP) is 3.20. The van der Waals surface area contributed by atoms with Crippen molar-refractivity contribution < 1.29 is 0 Å². The van der Waals surface area contributed by atoms with Crippen molar-refractivity contribution in [2.45, 2.75) is 0 Å². The summed E-state index contributed by atoms with van der Waals surface area (Å²) >= 11 is 0. The summed E-state index contributed by atoms with van der Waals surface area (Å²) < 4.78 is 0. The van der Waals surface area contributed by atoms with E-state index in [1.165, 1.54) is 6.34 Å². The third kappa shape index (κ3) is 3.92. The van der Waals surface area contributed by atoms with Crippen LogP contribution in [0.3, 0.4) is 0 Å². The summed E-state index contributed by atoms with van der Waals surface area (Å²) in [6.07, 6.45) is 4.93. The summed E-state index contributed by atoms with van der Waals surface area (Å²) in [4.78, 5) is 0. The lowest BCUT2D eigenvalue weighted by Crippen LogP contribution is -1.88. The molecular weight excluding hydrogens is 234 g/mol. The van der Waals surface area contributed by atoms with Gasteiger partial charge in [0, 0.05) is 5.57 Å². The van der Waals surface area contributed by atoms with E-state index in [2.05, 4.69) is 16.3 Å². The predicted molar refractivity (Wildman–Crippen MR) is 81.9 cm³/mol. The molecule has 0 aliphatic heterocycles. The third-order valence-electron chi connectivity index (χ3n) is 2.56. The largest absolute Gasteiger partial charge is 0.388 e. The first-order valence-electron chi connectivity index (χ1n) is 5.99. The van der Waals surface area contributed by atoms with E-state index in [1.807, 2.05) is 60.7 Å². The van der Waals surface area contributed by atoms with Crippen molar-refractivity contribution in [3.63, 3.8) is 0 Å². The van der Waals surface area contributed by atoms with E-state index in [4.69, 9.17) is 5.73 Å². The van der Waals surface area contributed by atoms with Crippen LogP contribution in [0.1, 0.15) is 11.1 Å². The van der Waals surface area contributed by atoms with E-state index in [0.29, 0.717) is 0 Å². The van der Waals surface area contributed by atoms with Gasteiger partial charge in [0.15, 0.2) is 0 Å². The van der Waals surface area contributed by atoms with Gasteiger partial charge in [-0.15, -0.1) is 5.10 Å². The second-order valence-electron chi connectivity index (χ2n) is 3.89. The highest BCUT2D eigenvalue weighted by Gasteiger charge is 1.98. The molecule has 0 saturated carbocycles. The minimum Gasteiger partial charge on any atom is -0.388 e. The fourth-order valence-corrected chi connectivity index (χ4v) is 1.69. The highest BCUT2D eigenvalue weighted by Crippen LogP contribution is 2.16. The van der Waals surface area contributed by atoms with Gasteiger partial charge in [0.1, 0.15) is 6.34 Å². The molecule has 3 heteroatoms. The van der Waals surface area contributed by atoms with E-state index >= 15 is 0 Å². The zero-order valence-electron chi connectivity index (χ0n) is 10.5. The molecule has 0 unspecified atom stereocenters. The molecule has 0 atom stereocenters. The van der Waals surface area contributed by atoms with Gasteiger partial charge < -0.3 is 5.73 Å². The maximum Gasteiger partial charge on any atom is 0.108 e. The van der Waals surface area contributed by atoms with Crippen LogP contribution in [-0.2, 0) is 0 Å². The van der Waals surface area contributed by atoms with Crippen LogP contribution in [0.15, 0.2) is 70.9 Å². The lowest BCUT2D eigenvalue weighted by molar-refractivity contribution is 1.26. The molecule has 0 heterocycles. The SMILES string of the molecule is N\C=N/N=C/C(=C/c1ccccc1)c1ccccc1. The van der Waals surface area contributed by atoms with Gasteiger partial charge in [0.05, 0.1) is 6.21 Å². The quantitative estimate of drug-likeness (QED) is 0.384. The molecule has 0 spiro atoms. The average molecular weight is 249 g/mol. The number of hydrogen-bond acceptors (Lipinski definition) is 2. The van der Waals surface area contributed by atoms with E-state index in [-0.39, 0.29) is 0 Å². The molecule has 0 radical (unpaired) electrons. The van der Waals surface area contributed by atoms with Crippen molar-refractivity contribution >= 4 is 24.2 Å². The van der Waals surface area contributed by atoms with Gasteiger partial charge in [0.2, 0.25) is 0 Å². The van der Waals surface area contributed by atoms with Gasteiger partial charge in [-0.05, 0) is 17.2 Å². The monoisotopic (exact) mass is 249 g/mol. The number of allylic oxidation sites excluding steroid dienone is 1. The van der Waals surface area contributed by atoms with Crippen LogP contribution in [0, 0.1) is 0 Å². The normalized spacial score (nSPS) is 12.3. The summed E-state index contributed by atoms with van der Waals surface area (Å²) in [7, 11) is 0. The Balaban J connectivity index is 2.37. The molecule has 0 saturated heterocycles. The Labute approximate surface area is 112 Å². The Bertz CT molecular complexity index is 584. The molecule has 2 N–H and O–H groups in total. The zero-order chi connectivity index (χ0) is 13.3. The summed E-state index contributed by atoms with van der Waals surface area (Å²) in [5, 5.41) is 7.57. The minimum absolute atomic E-state index is 0.984. The molecule has 2 aromatic carbocycles. The summed E-state index contributed by atoms with van der Waals surface area (Å²) in [5.41, 5.74) is 8.37. The molecule has 2 rings (SSSR count). The first-order chi connectivity index (χ1) is 9.40. The fraction of sp³-hybridized carbons (Fsp3) is 0. The van der Waals surface area contributed by atoms with Gasteiger partial charge in [0.25, 0.3) is 0 Å². The zero-order valence-corrected chi connectivity index (χ0v) is 10.5. The highest BCUT2D eigenvalue weighted by atomic mass is 15.2. The second kappa shape index (κ2) is 6.91. The van der Waals surface area contributed by atoms with E-state index in [1.54, 1.807) is 6.21 Å². The van der Waals surface area contributed by atoms with Crippen molar-refractivity contribution in [2.24, 2.45) is 15.9 Å². The lowest BCUT2D eigenvalue weighted by Gasteiger charge is -2.02. The Kier molecular flexibility index (Phi) is 4.64. The fourth-order valence-electron chi connectivity index (χ4n) is 1.69. The first-order valence-corrected chi connectivity index (χ1v) is 5.99. The van der Waals surface area contributed by atoms with Crippen LogP contribution in [0.25, 0.3) is 11.6 Å². The average Bonchev–Trinajstić information content (AvgIpc) is 2.48. The van der Waals surface area contributed by atoms with Crippen molar-refractivity contribution in [1.82, 2.24) is 0 Å². The van der Waals surface area contributed by atoms with Gasteiger partial charge >= 0.3 is 0 Å². The van der Waals surface area contributed by atoms with E-state index in [0.717, 1.165) is 16.7 Å². The van der Waals surface area contributed by atoms with Crippen LogP contribution >= 0.6 is 0 Å². The standard InChI is InChI=1S/C16H15N3/c17-13-19-18-12-16(15-9-5-2-6-10-15)11-14-7-3-1-4-8-14/h1-13H,(H2,17,19)/b16-11-,18-12+. The van der Waals surface area contributed by atoms with Gasteiger partial charge in [-0.3, -0.25) is 0 Å². The summed E-state index contributed by atoms with van der Waals surface area (Å²) in [5.74, 6) is 0. The maximum absolute atomic E-state index is 5.18. The van der Waals surface area contributed by atoms with Crippen molar-refractivity contribution in [2.75, 3.05) is 0 Å². The molecule has 0 aliphatic carbocycles. The first kappa shape index (κ1) is 12.8. The smallest absolute Gasteiger partial charge is 0.108 e. The number of benzene rings is 2. The van der Waals surface area contributed by atoms with E-state index < -0.39 is 0 Å². The second-order valence-corrected chi connectivity index (χ2v) is 3.89. The molecule has 0 fully saturated rings. The van der Waals surface area contributed by atoms with Crippen LogP contribution in [0.2, 0.25) is 0 Å². The molecule has 2 aromatic rings. The van der Waals surface area contributed by atoms with Gasteiger partial charge in [-0.2, -0.15) is 5.10 Å². The summed E-state index contributed by atoms with van der Waals surface area (Å²) in [6, 6.07) is 20.1. The molecule has 0 aliphatic rings. The van der Waals surface area contributed by atoms with Crippen LogP contribution in [0.4, 0.5) is 0 Å². The summed E-state index contributed by atoms with van der Waals surface area (Å²) in [6.45, 7) is 0. The molecule has 0 amide bonds. The Morgan fingerprint density at radius 2 is 1.47 bits per heavy atom. The molecule has 0 aromatic heterocycles. The lowest BCUT2D eigenvalue weighted by atomic mass is 10.0. The van der Waals surface area contributed by atoms with E-state index in [9.17, 15) is 0 Å². The highest BCUT2D eigenvalue weighted by molar-refractivity contribution is 6.15. The Morgan fingerprint density at radius 1 is 0.842 bits per heavy atom. The number of hydrogen-bond donors (Lipinski definition) is 1. The maximum atomic E-state index is 5.18. The molecule has 3 nitrogen and oxygen atoms in total. The van der Waals surface area contributed by atoms with Crippen molar-refractivity contribution in [3.8, 4) is 0 Å². The van der Waals surface area contributed by atoms with Crippen LogP contribution in [-0.4, -0.2) is 12.6 Å².